The molecular weight excluding hydrogens is 509 g/mol. The summed E-state index contributed by atoms with van der Waals surface area (Å²) < 4.78 is 21.8. The van der Waals surface area contributed by atoms with Crippen LogP contribution in [-0.4, -0.2) is 67.2 Å². The van der Waals surface area contributed by atoms with Crippen LogP contribution in [0.15, 0.2) is 35.4 Å². The number of alkyl halides is 1. The summed E-state index contributed by atoms with van der Waals surface area (Å²) in [6.07, 6.45) is 2.71. The number of hydrogen-bond donors (Lipinski definition) is 3. The number of hydrogen-bond acceptors (Lipinski definition) is 8. The zero-order valence-corrected chi connectivity index (χ0v) is 22.2. The third kappa shape index (κ3) is 5.58. The van der Waals surface area contributed by atoms with Gasteiger partial charge in [-0.15, -0.1) is 0 Å². The highest BCUT2D eigenvalue weighted by Crippen LogP contribution is 2.38. The highest BCUT2D eigenvalue weighted by molar-refractivity contribution is 6.00. The van der Waals surface area contributed by atoms with Crippen molar-refractivity contribution in [1.82, 2.24) is 24.5 Å². The van der Waals surface area contributed by atoms with Crippen molar-refractivity contribution >= 4 is 35.0 Å². The fraction of sp³-hybridized carbons (Fsp3) is 0.500. The van der Waals surface area contributed by atoms with Gasteiger partial charge in [0.1, 0.15) is 34.7 Å². The van der Waals surface area contributed by atoms with Crippen LogP contribution in [0.4, 0.5) is 26.5 Å². The molecular formula is C26H32FN7O5. The summed E-state index contributed by atoms with van der Waals surface area (Å²) in [4.78, 5) is 44.9. The summed E-state index contributed by atoms with van der Waals surface area (Å²) in [6, 6.07) is 4.01. The lowest BCUT2D eigenvalue weighted by atomic mass is 10.2. The molecule has 3 heterocycles. The van der Waals surface area contributed by atoms with E-state index in [1.165, 1.54) is 39.5 Å². The van der Waals surface area contributed by atoms with Crippen LogP contribution >= 0.6 is 0 Å². The molecule has 0 saturated heterocycles. The number of aromatic nitrogens is 4. The van der Waals surface area contributed by atoms with Gasteiger partial charge in [0, 0.05) is 31.8 Å². The summed E-state index contributed by atoms with van der Waals surface area (Å²) in [5, 5.41) is 20.0. The van der Waals surface area contributed by atoms with E-state index < -0.39 is 41.5 Å². The molecule has 13 heteroatoms. The molecule has 0 aliphatic heterocycles. The molecule has 5 rings (SSSR count). The van der Waals surface area contributed by atoms with E-state index in [0.717, 1.165) is 0 Å². The van der Waals surface area contributed by atoms with E-state index in [2.05, 4.69) is 20.7 Å². The first-order valence-corrected chi connectivity index (χ1v) is 12.9. The van der Waals surface area contributed by atoms with E-state index in [1.54, 1.807) is 32.9 Å². The van der Waals surface area contributed by atoms with Crippen molar-refractivity contribution in [3.05, 3.63) is 46.5 Å². The van der Waals surface area contributed by atoms with Gasteiger partial charge in [-0.05, 0) is 52.2 Å². The van der Waals surface area contributed by atoms with E-state index >= 15 is 0 Å². The van der Waals surface area contributed by atoms with E-state index in [4.69, 9.17) is 4.74 Å². The van der Waals surface area contributed by atoms with Gasteiger partial charge in [-0.25, -0.2) is 14.2 Å². The molecule has 0 aromatic carbocycles. The second-order valence-electron chi connectivity index (χ2n) is 11.0. The number of pyridine rings is 1. The minimum Gasteiger partial charge on any atom is -0.443 e. The van der Waals surface area contributed by atoms with E-state index in [0.29, 0.717) is 19.3 Å². The van der Waals surface area contributed by atoms with E-state index in [-0.39, 0.29) is 41.0 Å². The third-order valence-corrected chi connectivity index (χ3v) is 6.72. The van der Waals surface area contributed by atoms with Crippen molar-refractivity contribution in [3.63, 3.8) is 0 Å². The smallest absolute Gasteiger partial charge is 0.415 e. The Morgan fingerprint density at radius 2 is 2.00 bits per heavy atom. The Hall–Kier alpha value is -4.00. The number of anilines is 3. The quantitative estimate of drug-likeness (QED) is 0.432. The Bertz CT molecular complexity index is 1480. The molecule has 2 fully saturated rings. The maximum Gasteiger partial charge on any atom is 0.415 e. The van der Waals surface area contributed by atoms with Gasteiger partial charge in [-0.3, -0.25) is 14.5 Å². The first kappa shape index (κ1) is 26.6. The molecule has 0 spiro atoms. The minimum absolute atomic E-state index is 0.142. The molecule has 39 heavy (non-hydrogen) atoms. The predicted octanol–water partition coefficient (Wildman–Crippen LogP) is 2.93. The summed E-state index contributed by atoms with van der Waals surface area (Å²) in [6.45, 7) is 5.23. The normalized spacial score (nSPS) is 22.5. The van der Waals surface area contributed by atoms with Crippen molar-refractivity contribution in [2.75, 3.05) is 17.3 Å². The number of carbonyl (C=O) groups is 2. The molecule has 0 radical (unpaired) electrons. The van der Waals surface area contributed by atoms with Gasteiger partial charge >= 0.3 is 6.09 Å². The van der Waals surface area contributed by atoms with Gasteiger partial charge in [0.25, 0.3) is 11.5 Å². The molecule has 2 saturated carbocycles. The monoisotopic (exact) mass is 541 g/mol. The fourth-order valence-electron chi connectivity index (χ4n) is 4.63. The average molecular weight is 542 g/mol. The lowest BCUT2D eigenvalue weighted by Gasteiger charge is -2.25. The van der Waals surface area contributed by atoms with E-state index in [1.807, 2.05) is 0 Å². The highest BCUT2D eigenvalue weighted by atomic mass is 19.1. The average Bonchev–Trinajstić information content (AvgIpc) is 3.21. The Morgan fingerprint density at radius 1 is 1.26 bits per heavy atom. The van der Waals surface area contributed by atoms with Crippen LogP contribution in [0.3, 0.4) is 0 Å². The number of amides is 2. The SMILES string of the molecule is CN(C(=O)OC(C)(C)C)c1cc(Nc2cccn(C3C[C@H]3F)c2=O)nc2c(C(=O)NC3CCC(O)C3)cnn12. The zero-order valence-electron chi connectivity index (χ0n) is 22.2. The topological polar surface area (TPSA) is 143 Å². The van der Waals surface area contributed by atoms with Crippen molar-refractivity contribution in [1.29, 1.82) is 0 Å². The maximum atomic E-state index is 13.7. The molecule has 4 atom stereocenters. The number of halogens is 1. The lowest BCUT2D eigenvalue weighted by Crippen LogP contribution is -2.35. The minimum atomic E-state index is -1.06. The number of ether oxygens (including phenoxy) is 1. The van der Waals surface area contributed by atoms with Crippen molar-refractivity contribution < 1.29 is 23.8 Å². The number of nitrogens with zero attached hydrogens (tertiary/aromatic N) is 5. The number of aliphatic hydroxyl groups is 1. The molecule has 3 aromatic rings. The van der Waals surface area contributed by atoms with Crippen LogP contribution in [0.5, 0.6) is 0 Å². The number of fused-ring (bicyclic) bond motifs is 1. The summed E-state index contributed by atoms with van der Waals surface area (Å²) in [5.41, 5.74) is -0.722. The second-order valence-corrected chi connectivity index (χ2v) is 11.0. The Balaban J connectivity index is 1.53. The summed E-state index contributed by atoms with van der Waals surface area (Å²) >= 11 is 0. The van der Waals surface area contributed by atoms with Crippen LogP contribution in [0.2, 0.25) is 0 Å². The molecule has 208 valence electrons. The molecule has 0 bridgehead atoms. The molecule has 2 aliphatic carbocycles. The van der Waals surface area contributed by atoms with Gasteiger partial charge < -0.3 is 25.0 Å². The highest BCUT2D eigenvalue weighted by Gasteiger charge is 2.40. The second kappa shape index (κ2) is 9.95. The zero-order chi connectivity index (χ0) is 28.1. The van der Waals surface area contributed by atoms with E-state index in [9.17, 15) is 23.9 Å². The maximum absolute atomic E-state index is 13.7. The Morgan fingerprint density at radius 3 is 2.64 bits per heavy atom. The number of aliphatic hydroxyl groups excluding tert-OH is 1. The lowest BCUT2D eigenvalue weighted by molar-refractivity contribution is 0.0587. The van der Waals surface area contributed by atoms with Gasteiger partial charge in [-0.2, -0.15) is 9.61 Å². The largest absolute Gasteiger partial charge is 0.443 e. The number of rotatable bonds is 6. The van der Waals surface area contributed by atoms with Crippen molar-refractivity contribution in [3.8, 4) is 0 Å². The standard InChI is InChI=1S/C26H32FN7O5/c1-26(2,3)39-25(38)32(4)21-12-20(30-18-6-5-9-33(24(18)37)19-11-17(19)27)31-22-16(13-28-34(21)22)23(36)29-14-7-8-15(35)10-14/h5-6,9,12-15,17,19,35H,7-8,10-11H2,1-4H3,(H,29,36)(H,30,31)/t14?,15?,17-,19?/m1/s1. The van der Waals surface area contributed by atoms with Crippen LogP contribution in [0.25, 0.3) is 5.65 Å². The van der Waals surface area contributed by atoms with Crippen LogP contribution in [-0.2, 0) is 4.74 Å². The molecule has 2 amide bonds. The Labute approximate surface area is 223 Å². The van der Waals surface area contributed by atoms with Gasteiger partial charge in [0.05, 0.1) is 18.3 Å². The molecule has 12 nitrogen and oxygen atoms in total. The fourth-order valence-corrected chi connectivity index (χ4v) is 4.63. The molecule has 3 N–H and O–H groups in total. The van der Waals surface area contributed by atoms with Crippen molar-refractivity contribution in [2.24, 2.45) is 0 Å². The summed E-state index contributed by atoms with van der Waals surface area (Å²) in [5.74, 6) is -0.0278. The molecule has 2 aliphatic rings. The van der Waals surface area contributed by atoms with Gasteiger partial charge in [0.15, 0.2) is 5.65 Å². The van der Waals surface area contributed by atoms with Gasteiger partial charge in [-0.1, -0.05) is 0 Å². The Kier molecular flexibility index (Phi) is 6.79. The molecule has 3 unspecified atom stereocenters. The first-order chi connectivity index (χ1) is 18.4. The van der Waals surface area contributed by atoms with Crippen molar-refractivity contribution in [2.45, 2.75) is 76.4 Å². The predicted molar refractivity (Wildman–Crippen MR) is 141 cm³/mol. The summed E-state index contributed by atoms with van der Waals surface area (Å²) in [7, 11) is 1.50. The number of nitrogens with one attached hydrogen (secondary N) is 2. The number of carbonyl (C=O) groups excluding carboxylic acids is 2. The third-order valence-electron chi connectivity index (χ3n) is 6.72. The van der Waals surface area contributed by atoms with Crippen LogP contribution in [0.1, 0.15) is 62.9 Å². The first-order valence-electron chi connectivity index (χ1n) is 12.9. The van der Waals surface area contributed by atoms with Crippen LogP contribution in [0, 0.1) is 0 Å². The molecule has 3 aromatic heterocycles. The van der Waals surface area contributed by atoms with Crippen LogP contribution < -0.4 is 21.1 Å². The van der Waals surface area contributed by atoms with Gasteiger partial charge in [0.2, 0.25) is 0 Å².